The molecule has 0 aliphatic carbocycles. The zero-order chi connectivity index (χ0) is 16.9. The average molecular weight is 335 g/mol. The number of pyridine rings is 2. The first-order valence-corrected chi connectivity index (χ1v) is 8.56. The van der Waals surface area contributed by atoms with Crippen molar-refractivity contribution in [3.63, 3.8) is 0 Å². The molecule has 128 valence electrons. The Morgan fingerprint density at radius 1 is 1.08 bits per heavy atom. The first-order chi connectivity index (χ1) is 12.4. The monoisotopic (exact) mass is 335 g/mol. The fourth-order valence-corrected chi connectivity index (χ4v) is 3.20. The molecule has 0 saturated heterocycles. The zero-order valence-electron chi connectivity index (χ0n) is 14.0. The van der Waals surface area contributed by atoms with Gasteiger partial charge < -0.3 is 4.74 Å². The fourth-order valence-electron chi connectivity index (χ4n) is 3.20. The molecule has 0 saturated carbocycles. The number of hydrogen-bond acceptors (Lipinski definition) is 5. The van der Waals surface area contributed by atoms with Gasteiger partial charge in [0.15, 0.2) is 0 Å². The lowest BCUT2D eigenvalue weighted by Gasteiger charge is -2.29. The van der Waals surface area contributed by atoms with Crippen LogP contribution in [-0.2, 0) is 19.6 Å². The fraction of sp³-hybridized carbons (Fsp3) is 0.316. The summed E-state index contributed by atoms with van der Waals surface area (Å²) in [5.74, 6) is 0.672. The highest BCUT2D eigenvalue weighted by atomic mass is 16.5. The third-order valence-electron chi connectivity index (χ3n) is 4.53. The van der Waals surface area contributed by atoms with Crippen LogP contribution in [0.25, 0.3) is 0 Å². The highest BCUT2D eigenvalue weighted by molar-refractivity contribution is 5.11. The van der Waals surface area contributed by atoms with Gasteiger partial charge in [0.2, 0.25) is 5.88 Å². The van der Waals surface area contributed by atoms with E-state index in [-0.39, 0.29) is 0 Å². The van der Waals surface area contributed by atoms with E-state index in [9.17, 15) is 0 Å². The van der Waals surface area contributed by atoms with Gasteiger partial charge in [-0.1, -0.05) is 12.1 Å². The van der Waals surface area contributed by atoms with Crippen LogP contribution in [0, 0.1) is 0 Å². The molecule has 1 unspecified atom stereocenters. The second-order valence-corrected chi connectivity index (χ2v) is 6.23. The van der Waals surface area contributed by atoms with Gasteiger partial charge in [0.1, 0.15) is 6.61 Å². The van der Waals surface area contributed by atoms with Crippen molar-refractivity contribution in [1.29, 1.82) is 0 Å². The van der Waals surface area contributed by atoms with Gasteiger partial charge in [-0.25, -0.2) is 4.98 Å². The van der Waals surface area contributed by atoms with Crippen molar-refractivity contribution >= 4 is 0 Å². The summed E-state index contributed by atoms with van der Waals surface area (Å²) in [6.45, 7) is 3.21. The van der Waals surface area contributed by atoms with Crippen LogP contribution in [0.2, 0.25) is 0 Å². The molecule has 1 aliphatic heterocycles. The maximum atomic E-state index is 5.95. The van der Waals surface area contributed by atoms with Crippen LogP contribution in [0.3, 0.4) is 0 Å². The van der Waals surface area contributed by atoms with Crippen LogP contribution >= 0.6 is 0 Å². The number of aryl methyl sites for hydroxylation is 1. The summed E-state index contributed by atoms with van der Waals surface area (Å²) in [6.07, 6.45) is 8.36. The molecule has 0 bridgehead atoms. The number of aromatic nitrogens is 4. The highest BCUT2D eigenvalue weighted by Crippen LogP contribution is 2.20. The molecule has 1 atom stereocenters. The minimum absolute atomic E-state index is 0.295. The maximum absolute atomic E-state index is 5.95. The summed E-state index contributed by atoms with van der Waals surface area (Å²) in [7, 11) is 0. The molecule has 0 amide bonds. The summed E-state index contributed by atoms with van der Waals surface area (Å²) < 4.78 is 8.04. The third kappa shape index (κ3) is 3.85. The van der Waals surface area contributed by atoms with E-state index in [1.165, 1.54) is 11.3 Å². The van der Waals surface area contributed by atoms with Crippen LogP contribution in [-0.4, -0.2) is 37.3 Å². The molecule has 0 fully saturated rings. The Bertz CT molecular complexity index is 790. The number of hydrogen-bond donors (Lipinski definition) is 0. The molecule has 0 aromatic carbocycles. The van der Waals surface area contributed by atoms with Crippen molar-refractivity contribution in [2.24, 2.45) is 0 Å². The Hall–Kier alpha value is -2.73. The molecular weight excluding hydrogens is 314 g/mol. The predicted octanol–water partition coefficient (Wildman–Crippen LogP) is 2.53. The lowest BCUT2D eigenvalue weighted by atomic mass is 10.1. The van der Waals surface area contributed by atoms with Gasteiger partial charge in [-0.2, -0.15) is 5.10 Å². The smallest absolute Gasteiger partial charge is 0.213 e. The number of nitrogens with zero attached hydrogens (tertiary/aromatic N) is 5. The summed E-state index contributed by atoms with van der Waals surface area (Å²) >= 11 is 0. The van der Waals surface area contributed by atoms with Gasteiger partial charge in [0, 0.05) is 56.5 Å². The van der Waals surface area contributed by atoms with Gasteiger partial charge in [-0.05, 0) is 30.2 Å². The van der Waals surface area contributed by atoms with E-state index in [1.807, 2.05) is 42.9 Å². The van der Waals surface area contributed by atoms with Crippen LogP contribution in [0.1, 0.15) is 17.7 Å². The van der Waals surface area contributed by atoms with Crippen molar-refractivity contribution in [3.05, 3.63) is 72.4 Å². The van der Waals surface area contributed by atoms with Gasteiger partial charge in [0.05, 0.1) is 5.69 Å². The Labute approximate surface area is 147 Å². The maximum Gasteiger partial charge on any atom is 0.213 e. The van der Waals surface area contributed by atoms with Gasteiger partial charge in [-0.3, -0.25) is 14.6 Å². The molecule has 0 N–H and O–H groups in total. The van der Waals surface area contributed by atoms with Gasteiger partial charge in [-0.15, -0.1) is 0 Å². The van der Waals surface area contributed by atoms with Crippen LogP contribution in [0.4, 0.5) is 0 Å². The number of rotatable bonds is 5. The molecule has 4 rings (SSSR count). The minimum atomic E-state index is 0.295. The van der Waals surface area contributed by atoms with Crippen molar-refractivity contribution in [3.8, 4) is 5.88 Å². The molecule has 1 aliphatic rings. The number of ether oxygens (including phenoxy) is 1. The largest absolute Gasteiger partial charge is 0.476 e. The summed E-state index contributed by atoms with van der Waals surface area (Å²) in [6, 6.07) is 12.2. The van der Waals surface area contributed by atoms with Crippen molar-refractivity contribution in [2.75, 3.05) is 6.61 Å². The zero-order valence-corrected chi connectivity index (χ0v) is 14.0. The topological polar surface area (TPSA) is 56.1 Å². The Morgan fingerprint density at radius 3 is 2.92 bits per heavy atom. The predicted molar refractivity (Wildman–Crippen MR) is 93.8 cm³/mol. The highest BCUT2D eigenvalue weighted by Gasteiger charge is 2.25. The lowest BCUT2D eigenvalue weighted by Crippen LogP contribution is -2.38. The molecule has 3 aromatic rings. The Morgan fingerprint density at radius 2 is 2.08 bits per heavy atom. The van der Waals surface area contributed by atoms with Crippen LogP contribution in [0.15, 0.2) is 61.2 Å². The summed E-state index contributed by atoms with van der Waals surface area (Å²) in [5.41, 5.74) is 2.45. The number of fused-ring (bicyclic) bond motifs is 1. The molecule has 25 heavy (non-hydrogen) atoms. The van der Waals surface area contributed by atoms with E-state index in [4.69, 9.17) is 4.74 Å². The first kappa shape index (κ1) is 15.8. The van der Waals surface area contributed by atoms with Crippen LogP contribution < -0.4 is 4.74 Å². The summed E-state index contributed by atoms with van der Waals surface area (Å²) in [4.78, 5) is 10.9. The molecular formula is C19H21N5O. The second kappa shape index (κ2) is 7.44. The Kier molecular flexibility index (Phi) is 4.70. The van der Waals surface area contributed by atoms with Crippen molar-refractivity contribution in [2.45, 2.75) is 32.1 Å². The second-order valence-electron chi connectivity index (χ2n) is 6.23. The minimum Gasteiger partial charge on any atom is -0.476 e. The molecule has 6 nitrogen and oxygen atoms in total. The van der Waals surface area contributed by atoms with Crippen molar-refractivity contribution in [1.82, 2.24) is 24.6 Å². The van der Waals surface area contributed by atoms with Crippen LogP contribution in [0.5, 0.6) is 5.88 Å². The van der Waals surface area contributed by atoms with E-state index in [0.29, 0.717) is 18.5 Å². The molecule has 4 heterocycles. The summed E-state index contributed by atoms with van der Waals surface area (Å²) in [5, 5.41) is 4.44. The standard InChI is InChI=1S/C19H21N5O/c1-2-9-21-19(5-1)25-15-18-7-11-24-17(6-10-22-24)14-23(18)13-16-4-3-8-20-12-16/h1-6,8-10,12,18H,7,11,13-15H2. The average Bonchev–Trinajstić information content (AvgIpc) is 3.03. The third-order valence-corrected chi connectivity index (χ3v) is 4.53. The quantitative estimate of drug-likeness (QED) is 0.717. The molecule has 0 spiro atoms. The van der Waals surface area contributed by atoms with Gasteiger partial charge in [0.25, 0.3) is 0 Å². The van der Waals surface area contributed by atoms with E-state index in [1.54, 1.807) is 6.20 Å². The SMILES string of the molecule is c1ccc(OCC2CCn3nccc3CN2Cc2cccnc2)nc1. The normalized spacial score (nSPS) is 17.7. The van der Waals surface area contributed by atoms with E-state index in [2.05, 4.69) is 36.8 Å². The van der Waals surface area contributed by atoms with E-state index < -0.39 is 0 Å². The van der Waals surface area contributed by atoms with Gasteiger partial charge >= 0.3 is 0 Å². The van der Waals surface area contributed by atoms with E-state index >= 15 is 0 Å². The molecule has 6 heteroatoms. The van der Waals surface area contributed by atoms with E-state index in [0.717, 1.165) is 26.1 Å². The lowest BCUT2D eigenvalue weighted by molar-refractivity contribution is 0.116. The molecule has 3 aromatic heterocycles. The Balaban J connectivity index is 1.51. The first-order valence-electron chi connectivity index (χ1n) is 8.56. The molecule has 0 radical (unpaired) electrons. The van der Waals surface area contributed by atoms with Crippen molar-refractivity contribution < 1.29 is 4.74 Å².